The normalized spacial score (nSPS) is 10.5. The molecule has 0 bridgehead atoms. The van der Waals surface area contributed by atoms with Crippen molar-refractivity contribution >= 4 is 17.8 Å². The van der Waals surface area contributed by atoms with E-state index in [-0.39, 0.29) is 5.91 Å². The van der Waals surface area contributed by atoms with Crippen LogP contribution < -0.4 is 5.32 Å². The molecular formula is C14H13N3O. The van der Waals surface area contributed by atoms with E-state index in [1.54, 1.807) is 30.7 Å². The highest BCUT2D eigenvalue weighted by Crippen LogP contribution is 2.04. The van der Waals surface area contributed by atoms with E-state index in [0.717, 1.165) is 11.1 Å². The van der Waals surface area contributed by atoms with Gasteiger partial charge in [-0.3, -0.25) is 9.78 Å². The molecule has 0 aliphatic rings. The van der Waals surface area contributed by atoms with Gasteiger partial charge < -0.3 is 5.32 Å². The first kappa shape index (κ1) is 12.0. The van der Waals surface area contributed by atoms with Gasteiger partial charge in [0.1, 0.15) is 5.82 Å². The molecule has 4 heteroatoms. The van der Waals surface area contributed by atoms with Gasteiger partial charge in [0.05, 0.1) is 0 Å². The van der Waals surface area contributed by atoms with Crippen molar-refractivity contribution in [1.82, 2.24) is 9.97 Å². The zero-order valence-corrected chi connectivity index (χ0v) is 10.00. The SMILES string of the molecule is Cc1ccc(NC(=O)/C=C/c2ccncc2)nc1. The van der Waals surface area contributed by atoms with Crippen LogP contribution in [-0.2, 0) is 4.79 Å². The third-order valence-corrected chi connectivity index (χ3v) is 2.30. The highest BCUT2D eigenvalue weighted by atomic mass is 16.1. The molecule has 18 heavy (non-hydrogen) atoms. The molecule has 0 atom stereocenters. The van der Waals surface area contributed by atoms with Crippen molar-refractivity contribution < 1.29 is 4.79 Å². The molecule has 0 spiro atoms. The number of nitrogens with one attached hydrogen (secondary N) is 1. The lowest BCUT2D eigenvalue weighted by Crippen LogP contribution is -2.08. The van der Waals surface area contributed by atoms with Gasteiger partial charge in [-0.15, -0.1) is 0 Å². The maximum atomic E-state index is 11.6. The number of aryl methyl sites for hydroxylation is 1. The van der Waals surface area contributed by atoms with Crippen molar-refractivity contribution in [3.05, 3.63) is 60.1 Å². The maximum absolute atomic E-state index is 11.6. The summed E-state index contributed by atoms with van der Waals surface area (Å²) in [6.45, 7) is 1.95. The Bertz CT molecular complexity index is 547. The number of pyridine rings is 2. The molecule has 0 radical (unpaired) electrons. The number of carbonyl (C=O) groups is 1. The van der Waals surface area contributed by atoms with Gasteiger partial charge >= 0.3 is 0 Å². The summed E-state index contributed by atoms with van der Waals surface area (Å²) in [7, 11) is 0. The summed E-state index contributed by atoms with van der Waals surface area (Å²) in [4.78, 5) is 19.6. The summed E-state index contributed by atoms with van der Waals surface area (Å²) < 4.78 is 0. The van der Waals surface area contributed by atoms with Crippen molar-refractivity contribution in [3.8, 4) is 0 Å². The number of aromatic nitrogens is 2. The summed E-state index contributed by atoms with van der Waals surface area (Å²) >= 11 is 0. The number of amides is 1. The quantitative estimate of drug-likeness (QED) is 0.837. The first-order valence-electron chi connectivity index (χ1n) is 5.56. The molecule has 0 unspecified atom stereocenters. The Hall–Kier alpha value is -2.49. The van der Waals surface area contributed by atoms with Crippen molar-refractivity contribution in [3.63, 3.8) is 0 Å². The van der Waals surface area contributed by atoms with E-state index < -0.39 is 0 Å². The first-order valence-corrected chi connectivity index (χ1v) is 5.56. The maximum Gasteiger partial charge on any atom is 0.249 e. The number of rotatable bonds is 3. The van der Waals surface area contributed by atoms with Crippen molar-refractivity contribution in [2.24, 2.45) is 0 Å². The fraction of sp³-hybridized carbons (Fsp3) is 0.0714. The average Bonchev–Trinajstić information content (AvgIpc) is 2.40. The molecular weight excluding hydrogens is 226 g/mol. The molecule has 0 aliphatic heterocycles. The van der Waals surface area contributed by atoms with Crippen LogP contribution in [0.15, 0.2) is 48.9 Å². The van der Waals surface area contributed by atoms with E-state index in [1.165, 1.54) is 6.08 Å². The van der Waals surface area contributed by atoms with Crippen LogP contribution in [0.25, 0.3) is 6.08 Å². The fourth-order valence-electron chi connectivity index (χ4n) is 1.36. The van der Waals surface area contributed by atoms with E-state index in [1.807, 2.05) is 25.1 Å². The lowest BCUT2D eigenvalue weighted by molar-refractivity contribution is -0.111. The zero-order valence-electron chi connectivity index (χ0n) is 10.00. The molecule has 0 saturated heterocycles. The van der Waals surface area contributed by atoms with Crippen LogP contribution >= 0.6 is 0 Å². The second-order valence-electron chi connectivity index (χ2n) is 3.82. The third kappa shape index (κ3) is 3.52. The summed E-state index contributed by atoms with van der Waals surface area (Å²) in [5, 5.41) is 2.69. The van der Waals surface area contributed by atoms with Crippen LogP contribution in [0.2, 0.25) is 0 Å². The van der Waals surface area contributed by atoms with Crippen LogP contribution in [0.5, 0.6) is 0 Å². The Kier molecular flexibility index (Phi) is 3.81. The van der Waals surface area contributed by atoms with Crippen LogP contribution in [-0.4, -0.2) is 15.9 Å². The topological polar surface area (TPSA) is 54.9 Å². The number of anilines is 1. The summed E-state index contributed by atoms with van der Waals surface area (Å²) in [6, 6.07) is 7.32. The lowest BCUT2D eigenvalue weighted by atomic mass is 10.2. The average molecular weight is 239 g/mol. The summed E-state index contributed by atoms with van der Waals surface area (Å²) in [5.41, 5.74) is 1.98. The predicted molar refractivity (Wildman–Crippen MR) is 70.9 cm³/mol. The van der Waals surface area contributed by atoms with Crippen molar-refractivity contribution in [2.45, 2.75) is 6.92 Å². The molecule has 0 saturated carbocycles. The summed E-state index contributed by atoms with van der Waals surface area (Å²) in [6.07, 6.45) is 8.27. The Morgan fingerprint density at radius 3 is 2.67 bits per heavy atom. The largest absolute Gasteiger partial charge is 0.307 e. The Labute approximate surface area is 105 Å². The van der Waals surface area contributed by atoms with Gasteiger partial charge in [0.25, 0.3) is 0 Å². The summed E-state index contributed by atoms with van der Waals surface area (Å²) in [5.74, 6) is 0.341. The van der Waals surface area contributed by atoms with Crippen LogP contribution in [0.4, 0.5) is 5.82 Å². The number of hydrogen-bond acceptors (Lipinski definition) is 3. The van der Waals surface area contributed by atoms with E-state index in [0.29, 0.717) is 5.82 Å². The number of hydrogen-bond donors (Lipinski definition) is 1. The third-order valence-electron chi connectivity index (χ3n) is 2.30. The Balaban J connectivity index is 1.97. The minimum atomic E-state index is -0.205. The molecule has 1 N–H and O–H groups in total. The highest BCUT2D eigenvalue weighted by Gasteiger charge is 1.98. The fourth-order valence-corrected chi connectivity index (χ4v) is 1.36. The molecule has 1 amide bonds. The van der Waals surface area contributed by atoms with E-state index in [9.17, 15) is 4.79 Å². The van der Waals surface area contributed by atoms with E-state index in [2.05, 4.69) is 15.3 Å². The molecule has 90 valence electrons. The first-order chi connectivity index (χ1) is 8.74. The molecule has 4 nitrogen and oxygen atoms in total. The molecule has 2 rings (SSSR count). The zero-order chi connectivity index (χ0) is 12.8. The van der Waals surface area contributed by atoms with Gasteiger partial charge in [-0.05, 0) is 42.3 Å². The van der Waals surface area contributed by atoms with E-state index >= 15 is 0 Å². The standard InChI is InChI=1S/C14H13N3O/c1-11-2-4-13(16-10-11)17-14(18)5-3-12-6-8-15-9-7-12/h2-10H,1H3,(H,16,17,18)/b5-3+. The molecule has 0 fully saturated rings. The van der Waals surface area contributed by atoms with Gasteiger partial charge in [-0.2, -0.15) is 0 Å². The highest BCUT2D eigenvalue weighted by molar-refractivity contribution is 6.01. The minimum Gasteiger partial charge on any atom is -0.307 e. The Morgan fingerprint density at radius 1 is 1.22 bits per heavy atom. The second-order valence-corrected chi connectivity index (χ2v) is 3.82. The van der Waals surface area contributed by atoms with Crippen molar-refractivity contribution in [2.75, 3.05) is 5.32 Å². The van der Waals surface area contributed by atoms with Gasteiger partial charge in [0, 0.05) is 24.7 Å². The van der Waals surface area contributed by atoms with Gasteiger partial charge in [-0.25, -0.2) is 4.98 Å². The van der Waals surface area contributed by atoms with Gasteiger partial charge in [0.2, 0.25) is 5.91 Å². The van der Waals surface area contributed by atoms with Crippen LogP contribution in [0.3, 0.4) is 0 Å². The molecule has 0 aromatic carbocycles. The molecule has 2 aromatic heterocycles. The smallest absolute Gasteiger partial charge is 0.249 e. The van der Waals surface area contributed by atoms with Crippen LogP contribution in [0, 0.1) is 6.92 Å². The number of nitrogens with zero attached hydrogens (tertiary/aromatic N) is 2. The van der Waals surface area contributed by atoms with Crippen molar-refractivity contribution in [1.29, 1.82) is 0 Å². The molecule has 0 aliphatic carbocycles. The molecule has 2 aromatic rings. The lowest BCUT2D eigenvalue weighted by Gasteiger charge is -2.00. The van der Waals surface area contributed by atoms with Crippen LogP contribution in [0.1, 0.15) is 11.1 Å². The predicted octanol–water partition coefficient (Wildman–Crippen LogP) is 2.44. The molecule has 2 heterocycles. The minimum absolute atomic E-state index is 0.205. The second kappa shape index (κ2) is 5.72. The Morgan fingerprint density at radius 2 is 2.00 bits per heavy atom. The van der Waals surface area contributed by atoms with Gasteiger partial charge in [0.15, 0.2) is 0 Å². The number of carbonyl (C=O) groups excluding carboxylic acids is 1. The van der Waals surface area contributed by atoms with Gasteiger partial charge in [-0.1, -0.05) is 6.07 Å². The monoisotopic (exact) mass is 239 g/mol. The van der Waals surface area contributed by atoms with E-state index in [4.69, 9.17) is 0 Å².